The molecular weight excluding hydrogens is 284 g/mol. The van der Waals surface area contributed by atoms with E-state index in [1.165, 1.54) is 6.21 Å². The van der Waals surface area contributed by atoms with Crippen molar-refractivity contribution < 1.29 is 4.74 Å². The summed E-state index contributed by atoms with van der Waals surface area (Å²) < 4.78 is 5.42. The molecule has 0 aliphatic rings. The topological polar surface area (TPSA) is 59.1 Å². The van der Waals surface area contributed by atoms with Crippen molar-refractivity contribution in [1.29, 1.82) is 5.41 Å². The average Bonchev–Trinajstić information content (AvgIpc) is 2.48. The van der Waals surface area contributed by atoms with Gasteiger partial charge in [0.2, 0.25) is 0 Å². The van der Waals surface area contributed by atoms with E-state index in [1.807, 2.05) is 43.3 Å². The van der Waals surface area contributed by atoms with Crippen LogP contribution in [0.5, 0.6) is 5.75 Å². The smallest absolute Gasteiger partial charge is 0.126 e. The van der Waals surface area contributed by atoms with Crippen LogP contribution >= 0.6 is 11.6 Å². The van der Waals surface area contributed by atoms with Crippen molar-refractivity contribution in [3.05, 3.63) is 58.3 Å². The second-order valence-corrected chi connectivity index (χ2v) is 5.10. The van der Waals surface area contributed by atoms with Gasteiger partial charge in [-0.15, -0.1) is 0 Å². The molecule has 0 aromatic heterocycles. The molecule has 2 aromatic carbocycles. The summed E-state index contributed by atoms with van der Waals surface area (Å²) in [4.78, 5) is 0. The minimum atomic E-state index is 0.557. The minimum Gasteiger partial charge on any atom is -0.496 e. The van der Waals surface area contributed by atoms with Crippen molar-refractivity contribution in [1.82, 2.24) is 0 Å². The summed E-state index contributed by atoms with van der Waals surface area (Å²) in [6, 6.07) is 9.54. The molecule has 0 saturated carbocycles. The lowest BCUT2D eigenvalue weighted by Gasteiger charge is -2.10. The van der Waals surface area contributed by atoms with Crippen LogP contribution in [0.2, 0.25) is 5.02 Å². The summed E-state index contributed by atoms with van der Waals surface area (Å²) in [5.74, 6) is 0.730. The van der Waals surface area contributed by atoms with E-state index in [0.29, 0.717) is 10.7 Å². The van der Waals surface area contributed by atoms with Gasteiger partial charge in [-0.3, -0.25) is 0 Å². The first-order valence-electron chi connectivity index (χ1n) is 6.48. The van der Waals surface area contributed by atoms with Crippen LogP contribution in [0.3, 0.4) is 0 Å². The van der Waals surface area contributed by atoms with E-state index in [4.69, 9.17) is 27.5 Å². The molecule has 0 aliphatic carbocycles. The second kappa shape index (κ2) is 6.46. The van der Waals surface area contributed by atoms with Gasteiger partial charge in [-0.05, 0) is 48.2 Å². The molecule has 0 aliphatic heterocycles. The molecule has 21 heavy (non-hydrogen) atoms. The first-order chi connectivity index (χ1) is 10.1. The van der Waals surface area contributed by atoms with Crippen molar-refractivity contribution in [3.8, 4) is 5.75 Å². The Morgan fingerprint density at radius 1 is 1.24 bits per heavy atom. The molecule has 0 spiro atoms. The summed E-state index contributed by atoms with van der Waals surface area (Å²) in [6.07, 6.45) is 4.85. The number of hydrogen-bond acceptors (Lipinski definition) is 3. The third-order valence-corrected chi connectivity index (χ3v) is 3.49. The Morgan fingerprint density at radius 2 is 2.00 bits per heavy atom. The van der Waals surface area contributed by atoms with Crippen LogP contribution in [0, 0.1) is 5.41 Å². The Bertz CT molecular complexity index is 748. The summed E-state index contributed by atoms with van der Waals surface area (Å²) in [5, 5.41) is 9.82. The zero-order chi connectivity index (χ0) is 15.4. The molecule has 0 saturated heterocycles. The largest absolute Gasteiger partial charge is 0.496 e. The predicted octanol–water partition coefficient (Wildman–Crippen LogP) is 4.40. The van der Waals surface area contributed by atoms with Crippen molar-refractivity contribution >= 4 is 34.7 Å². The molecular formula is C17H17ClN2O. The van der Waals surface area contributed by atoms with Gasteiger partial charge in [-0.1, -0.05) is 23.7 Å². The molecule has 0 heterocycles. The fourth-order valence-corrected chi connectivity index (χ4v) is 2.40. The Balaban J connectivity index is 2.69. The standard InChI is InChI=1S/C17H17ClN2O/c1-11(10-19)8-12(20)9-15-13-4-3-5-16(18)14(13)6-7-17(15)21-2/h3-10,19H,20H2,1-2H3/b11-8-,12-9-,19-10?. The summed E-state index contributed by atoms with van der Waals surface area (Å²) in [7, 11) is 1.62. The molecule has 0 bridgehead atoms. The van der Waals surface area contributed by atoms with Gasteiger partial charge in [-0.2, -0.15) is 0 Å². The Kier molecular flexibility index (Phi) is 4.66. The van der Waals surface area contributed by atoms with Crippen LogP contribution in [0.15, 0.2) is 47.7 Å². The predicted molar refractivity (Wildman–Crippen MR) is 90.2 cm³/mol. The van der Waals surface area contributed by atoms with Gasteiger partial charge in [-0.25, -0.2) is 0 Å². The van der Waals surface area contributed by atoms with Crippen LogP contribution in [0.25, 0.3) is 16.8 Å². The van der Waals surface area contributed by atoms with Crippen molar-refractivity contribution in [2.24, 2.45) is 5.73 Å². The van der Waals surface area contributed by atoms with Crippen molar-refractivity contribution in [3.63, 3.8) is 0 Å². The average molecular weight is 301 g/mol. The molecule has 0 amide bonds. The quantitative estimate of drug-likeness (QED) is 0.649. The maximum atomic E-state index is 7.20. The highest BCUT2D eigenvalue weighted by atomic mass is 35.5. The fourth-order valence-electron chi connectivity index (χ4n) is 2.16. The number of allylic oxidation sites excluding steroid dienone is 2. The van der Waals surface area contributed by atoms with Gasteiger partial charge >= 0.3 is 0 Å². The first kappa shape index (κ1) is 15.1. The lowest BCUT2D eigenvalue weighted by Crippen LogP contribution is -1.96. The van der Waals surface area contributed by atoms with E-state index < -0.39 is 0 Å². The third kappa shape index (κ3) is 3.26. The van der Waals surface area contributed by atoms with E-state index in [9.17, 15) is 0 Å². The van der Waals surface area contributed by atoms with Crippen LogP contribution < -0.4 is 10.5 Å². The van der Waals surface area contributed by atoms with Gasteiger partial charge in [0.25, 0.3) is 0 Å². The highest BCUT2D eigenvalue weighted by Crippen LogP contribution is 2.33. The van der Waals surface area contributed by atoms with E-state index in [2.05, 4.69) is 0 Å². The van der Waals surface area contributed by atoms with Crippen LogP contribution in [0.1, 0.15) is 12.5 Å². The molecule has 2 rings (SSSR count). The molecule has 3 N–H and O–H groups in total. The highest BCUT2D eigenvalue weighted by molar-refractivity contribution is 6.35. The van der Waals surface area contributed by atoms with Gasteiger partial charge in [0.1, 0.15) is 5.75 Å². The highest BCUT2D eigenvalue weighted by Gasteiger charge is 2.08. The third-order valence-electron chi connectivity index (χ3n) is 3.16. The monoisotopic (exact) mass is 300 g/mol. The van der Waals surface area contributed by atoms with Crippen LogP contribution in [-0.4, -0.2) is 13.3 Å². The molecule has 0 unspecified atom stereocenters. The SMILES string of the molecule is COc1ccc2c(Cl)cccc2c1/C=C(N)/C=C(/C)C=N. The number of fused-ring (bicyclic) bond motifs is 1. The lowest BCUT2D eigenvalue weighted by molar-refractivity contribution is 0.414. The zero-order valence-corrected chi connectivity index (χ0v) is 12.7. The molecule has 0 radical (unpaired) electrons. The molecule has 108 valence electrons. The van der Waals surface area contributed by atoms with E-state index >= 15 is 0 Å². The van der Waals surface area contributed by atoms with Gasteiger partial charge < -0.3 is 15.9 Å². The number of methoxy groups -OCH3 is 1. The number of halogens is 1. The molecule has 2 aromatic rings. The van der Waals surface area contributed by atoms with Gasteiger partial charge in [0, 0.05) is 27.9 Å². The number of nitrogens with one attached hydrogen (secondary N) is 1. The first-order valence-corrected chi connectivity index (χ1v) is 6.85. The van der Waals surface area contributed by atoms with Gasteiger partial charge in [0.05, 0.1) is 7.11 Å². The summed E-state index contributed by atoms with van der Waals surface area (Å²) in [6.45, 7) is 1.82. The second-order valence-electron chi connectivity index (χ2n) is 4.69. The van der Waals surface area contributed by atoms with Gasteiger partial charge in [0.15, 0.2) is 0 Å². The molecule has 4 heteroatoms. The number of nitrogens with two attached hydrogens (primary N) is 1. The fraction of sp³-hybridized carbons (Fsp3) is 0.118. The van der Waals surface area contributed by atoms with Crippen molar-refractivity contribution in [2.45, 2.75) is 6.92 Å². The maximum absolute atomic E-state index is 7.20. The lowest BCUT2D eigenvalue weighted by atomic mass is 10.0. The minimum absolute atomic E-state index is 0.557. The Labute approximate surface area is 129 Å². The number of hydrogen-bond donors (Lipinski definition) is 2. The Morgan fingerprint density at radius 3 is 2.67 bits per heavy atom. The summed E-state index contributed by atoms with van der Waals surface area (Å²) in [5.41, 5.74) is 8.24. The van der Waals surface area contributed by atoms with E-state index in [0.717, 1.165) is 27.7 Å². The van der Waals surface area contributed by atoms with E-state index in [1.54, 1.807) is 13.2 Å². The zero-order valence-electron chi connectivity index (χ0n) is 12.0. The van der Waals surface area contributed by atoms with E-state index in [-0.39, 0.29) is 0 Å². The van der Waals surface area contributed by atoms with Crippen molar-refractivity contribution in [2.75, 3.05) is 7.11 Å². The normalized spacial score (nSPS) is 12.5. The molecule has 3 nitrogen and oxygen atoms in total. The number of rotatable bonds is 4. The Hall–Kier alpha value is -2.26. The van der Waals surface area contributed by atoms with Crippen LogP contribution in [-0.2, 0) is 0 Å². The summed E-state index contributed by atoms with van der Waals surface area (Å²) >= 11 is 6.23. The maximum Gasteiger partial charge on any atom is 0.126 e. The molecule has 0 atom stereocenters. The van der Waals surface area contributed by atoms with Crippen LogP contribution in [0.4, 0.5) is 0 Å². The molecule has 0 fully saturated rings. The number of benzene rings is 2. The number of ether oxygens (including phenoxy) is 1.